The van der Waals surface area contributed by atoms with Crippen molar-refractivity contribution >= 4 is 0 Å². The van der Waals surface area contributed by atoms with E-state index in [1.165, 1.54) is 0 Å². The third-order valence-corrected chi connectivity index (χ3v) is 3.51. The number of aromatic amines is 1. The van der Waals surface area contributed by atoms with Crippen molar-refractivity contribution in [2.45, 2.75) is 44.4 Å². The van der Waals surface area contributed by atoms with Gasteiger partial charge in [-0.25, -0.2) is 4.98 Å². The molecular weight excluding hydrogens is 232 g/mol. The fourth-order valence-electron chi connectivity index (χ4n) is 2.60. The van der Waals surface area contributed by atoms with Gasteiger partial charge in [-0.15, -0.1) is 0 Å². The number of ether oxygens (including phenoxy) is 1. The van der Waals surface area contributed by atoms with Gasteiger partial charge in [0, 0.05) is 20.1 Å². The maximum Gasteiger partial charge on any atom is 0.258 e. The molecule has 0 saturated heterocycles. The zero-order chi connectivity index (χ0) is 13.0. The minimum Gasteiger partial charge on any atom is -0.493 e. The Morgan fingerprint density at radius 3 is 2.78 bits per heavy atom. The van der Waals surface area contributed by atoms with E-state index in [2.05, 4.69) is 9.97 Å². The number of hydrogen-bond acceptors (Lipinski definition) is 4. The number of methoxy groups -OCH3 is 1. The summed E-state index contributed by atoms with van der Waals surface area (Å²) in [5.41, 5.74) is 0.296. The Morgan fingerprint density at radius 1 is 1.44 bits per heavy atom. The minimum absolute atomic E-state index is 0.0851. The lowest BCUT2D eigenvalue weighted by molar-refractivity contribution is 0.194. The van der Waals surface area contributed by atoms with Crippen molar-refractivity contribution in [3.8, 4) is 5.88 Å². The van der Waals surface area contributed by atoms with Crippen molar-refractivity contribution < 1.29 is 9.84 Å². The number of hydrogen-bond donors (Lipinski definition) is 2. The molecule has 0 spiro atoms. The largest absolute Gasteiger partial charge is 0.493 e. The summed E-state index contributed by atoms with van der Waals surface area (Å²) >= 11 is 0. The van der Waals surface area contributed by atoms with E-state index in [-0.39, 0.29) is 17.4 Å². The normalized spacial score (nSPS) is 16.3. The summed E-state index contributed by atoms with van der Waals surface area (Å²) in [4.78, 5) is 18.9. The molecule has 1 aromatic rings. The summed E-state index contributed by atoms with van der Waals surface area (Å²) in [5, 5.41) is 9.93. The molecule has 0 bridgehead atoms. The second-order valence-corrected chi connectivity index (χ2v) is 4.83. The first-order chi connectivity index (χ1) is 8.72. The van der Waals surface area contributed by atoms with Crippen LogP contribution in [0.4, 0.5) is 0 Å². The van der Waals surface area contributed by atoms with Gasteiger partial charge < -0.3 is 14.8 Å². The lowest BCUT2D eigenvalue weighted by atomic mass is 10.00. The van der Waals surface area contributed by atoms with Crippen LogP contribution in [0.15, 0.2) is 4.79 Å². The molecule has 0 unspecified atom stereocenters. The van der Waals surface area contributed by atoms with Crippen LogP contribution in [0.3, 0.4) is 0 Å². The van der Waals surface area contributed by atoms with E-state index < -0.39 is 0 Å². The molecule has 2 N–H and O–H groups in total. The van der Waals surface area contributed by atoms with Gasteiger partial charge in [-0.3, -0.25) is 4.79 Å². The highest BCUT2D eigenvalue weighted by molar-refractivity contribution is 5.27. The Kier molecular flexibility index (Phi) is 4.36. The first-order valence-electron chi connectivity index (χ1n) is 6.53. The molecule has 0 atom stereocenters. The van der Waals surface area contributed by atoms with Crippen LogP contribution in [0.1, 0.15) is 49.4 Å². The van der Waals surface area contributed by atoms with E-state index in [0.29, 0.717) is 24.4 Å². The number of aromatic nitrogens is 2. The van der Waals surface area contributed by atoms with Crippen LogP contribution in [0.25, 0.3) is 0 Å². The Morgan fingerprint density at radius 2 is 2.17 bits per heavy atom. The second kappa shape index (κ2) is 6.00. The van der Waals surface area contributed by atoms with E-state index in [1.807, 2.05) is 0 Å². The molecular formula is C13H20N2O3. The first-order valence-corrected chi connectivity index (χ1v) is 6.53. The molecule has 0 aliphatic heterocycles. The summed E-state index contributed by atoms with van der Waals surface area (Å²) in [6.07, 6.45) is 5.59. The summed E-state index contributed by atoms with van der Waals surface area (Å²) in [6, 6.07) is 0. The van der Waals surface area contributed by atoms with Crippen LogP contribution in [-0.2, 0) is 11.2 Å². The highest BCUT2D eigenvalue weighted by atomic mass is 16.5. The van der Waals surface area contributed by atoms with Crippen molar-refractivity contribution in [2.24, 2.45) is 0 Å². The molecule has 0 amide bonds. The van der Waals surface area contributed by atoms with Crippen LogP contribution >= 0.6 is 0 Å². The maximum absolute atomic E-state index is 12.0. The fourth-order valence-corrected chi connectivity index (χ4v) is 2.60. The lowest BCUT2D eigenvalue weighted by Gasteiger charge is -2.10. The van der Waals surface area contributed by atoms with E-state index in [9.17, 15) is 9.90 Å². The quantitative estimate of drug-likeness (QED) is 0.782. The van der Waals surface area contributed by atoms with Gasteiger partial charge in [0.15, 0.2) is 0 Å². The number of H-pyrrole nitrogens is 1. The van der Waals surface area contributed by atoms with Crippen molar-refractivity contribution in [3.63, 3.8) is 0 Å². The Balaban J connectivity index is 2.15. The zero-order valence-corrected chi connectivity index (χ0v) is 10.7. The number of nitrogens with one attached hydrogen (secondary N) is 1. The molecule has 18 heavy (non-hydrogen) atoms. The number of nitrogens with zero attached hydrogens (tertiary/aromatic N) is 1. The second-order valence-electron chi connectivity index (χ2n) is 4.83. The molecule has 2 rings (SSSR count). The molecule has 5 heteroatoms. The van der Waals surface area contributed by atoms with E-state index in [4.69, 9.17) is 4.74 Å². The van der Waals surface area contributed by atoms with Gasteiger partial charge in [0.2, 0.25) is 5.88 Å². The molecule has 1 fully saturated rings. The Labute approximate surface area is 106 Å². The zero-order valence-electron chi connectivity index (χ0n) is 10.7. The summed E-state index contributed by atoms with van der Waals surface area (Å²) in [7, 11) is 1.64. The average Bonchev–Trinajstić information content (AvgIpc) is 2.82. The van der Waals surface area contributed by atoms with Crippen molar-refractivity contribution in [2.75, 3.05) is 13.7 Å². The molecule has 0 radical (unpaired) electrons. The minimum atomic E-state index is -0.179. The third-order valence-electron chi connectivity index (χ3n) is 3.51. The summed E-state index contributed by atoms with van der Waals surface area (Å²) in [5.74, 6) is 0.628. The predicted molar refractivity (Wildman–Crippen MR) is 67.9 cm³/mol. The SMILES string of the molecule is COCCCc1nc(O)c(C2CCCC2)c(=O)[nH]1. The van der Waals surface area contributed by atoms with Crippen LogP contribution in [0.2, 0.25) is 0 Å². The molecule has 0 aromatic carbocycles. The molecule has 1 aliphatic carbocycles. The molecule has 1 aromatic heterocycles. The fraction of sp³-hybridized carbons (Fsp3) is 0.692. The Bertz CT molecular complexity index is 450. The number of rotatable bonds is 5. The van der Waals surface area contributed by atoms with Crippen molar-refractivity contribution in [3.05, 3.63) is 21.7 Å². The van der Waals surface area contributed by atoms with Gasteiger partial charge in [-0.2, -0.15) is 0 Å². The van der Waals surface area contributed by atoms with Gasteiger partial charge in [-0.1, -0.05) is 12.8 Å². The van der Waals surface area contributed by atoms with Gasteiger partial charge in [-0.05, 0) is 25.2 Å². The van der Waals surface area contributed by atoms with E-state index in [1.54, 1.807) is 7.11 Å². The van der Waals surface area contributed by atoms with Crippen LogP contribution in [0.5, 0.6) is 5.88 Å². The number of aromatic hydroxyl groups is 1. The predicted octanol–water partition coefficient (Wildman–Crippen LogP) is 1.71. The number of aryl methyl sites for hydroxylation is 1. The highest BCUT2D eigenvalue weighted by Gasteiger charge is 2.24. The highest BCUT2D eigenvalue weighted by Crippen LogP contribution is 2.35. The summed E-state index contributed by atoms with van der Waals surface area (Å²) < 4.78 is 4.95. The van der Waals surface area contributed by atoms with Crippen LogP contribution in [0, 0.1) is 0 Å². The maximum atomic E-state index is 12.0. The molecule has 1 saturated carbocycles. The van der Waals surface area contributed by atoms with Gasteiger partial charge >= 0.3 is 0 Å². The van der Waals surface area contributed by atoms with Gasteiger partial charge in [0.25, 0.3) is 5.56 Å². The molecule has 100 valence electrons. The van der Waals surface area contributed by atoms with Gasteiger partial charge in [0.05, 0.1) is 5.56 Å². The monoisotopic (exact) mass is 252 g/mol. The average molecular weight is 252 g/mol. The topological polar surface area (TPSA) is 75.2 Å². The van der Waals surface area contributed by atoms with E-state index >= 15 is 0 Å². The van der Waals surface area contributed by atoms with Crippen LogP contribution < -0.4 is 5.56 Å². The third kappa shape index (κ3) is 2.90. The standard InChI is InChI=1S/C13H20N2O3/c1-18-8-4-7-10-14-12(16)11(13(17)15-10)9-5-2-3-6-9/h9H,2-8H2,1H3,(H2,14,15,16,17). The van der Waals surface area contributed by atoms with Gasteiger partial charge in [0.1, 0.15) is 5.82 Å². The Hall–Kier alpha value is -1.36. The molecule has 1 aliphatic rings. The smallest absolute Gasteiger partial charge is 0.258 e. The van der Waals surface area contributed by atoms with Crippen molar-refractivity contribution in [1.82, 2.24) is 9.97 Å². The van der Waals surface area contributed by atoms with Crippen molar-refractivity contribution in [1.29, 1.82) is 0 Å². The van der Waals surface area contributed by atoms with E-state index in [0.717, 1.165) is 32.1 Å². The molecule has 1 heterocycles. The lowest BCUT2D eigenvalue weighted by Crippen LogP contribution is -2.19. The van der Waals surface area contributed by atoms with Crippen LogP contribution in [-0.4, -0.2) is 28.8 Å². The summed E-state index contributed by atoms with van der Waals surface area (Å²) in [6.45, 7) is 0.620. The first kappa shape index (κ1) is 13.1. The molecule has 5 nitrogen and oxygen atoms in total.